The minimum absolute atomic E-state index is 0.209. The van der Waals surface area contributed by atoms with E-state index in [0.717, 1.165) is 33.4 Å². The van der Waals surface area contributed by atoms with Crippen LogP contribution in [0.4, 0.5) is 4.39 Å². The summed E-state index contributed by atoms with van der Waals surface area (Å²) in [5, 5.41) is 0.895. The van der Waals surface area contributed by atoms with E-state index in [1.165, 1.54) is 12.1 Å². The van der Waals surface area contributed by atoms with Crippen LogP contribution in [0.3, 0.4) is 0 Å². The van der Waals surface area contributed by atoms with Crippen molar-refractivity contribution in [1.29, 1.82) is 0 Å². The van der Waals surface area contributed by atoms with E-state index in [1.807, 2.05) is 13.0 Å². The summed E-state index contributed by atoms with van der Waals surface area (Å²) in [4.78, 5) is 9.02. The first-order chi connectivity index (χ1) is 11.0. The Kier molecular flexibility index (Phi) is 4.82. The highest BCUT2D eigenvalue weighted by Gasteiger charge is 2.17. The number of hydrogen-bond donors (Lipinski definition) is 0. The SMILES string of the molecule is Cc1cc(SCc2cc(F)cc3c2OCOC3)nc(C(C)C)n1. The fourth-order valence-corrected chi connectivity index (χ4v) is 3.34. The average molecular weight is 334 g/mol. The maximum absolute atomic E-state index is 13.8. The predicted octanol–water partition coefficient (Wildman–Crippen LogP) is 4.21. The lowest BCUT2D eigenvalue weighted by Crippen LogP contribution is -2.13. The highest BCUT2D eigenvalue weighted by atomic mass is 32.2. The number of fused-ring (bicyclic) bond motifs is 1. The second-order valence-corrected chi connectivity index (χ2v) is 6.81. The summed E-state index contributed by atoms with van der Waals surface area (Å²) >= 11 is 1.56. The molecule has 1 aromatic carbocycles. The quantitative estimate of drug-likeness (QED) is 0.619. The molecule has 0 saturated carbocycles. The van der Waals surface area contributed by atoms with Crippen molar-refractivity contribution in [3.05, 3.63) is 46.7 Å². The van der Waals surface area contributed by atoms with Gasteiger partial charge in [0.15, 0.2) is 6.79 Å². The van der Waals surface area contributed by atoms with Gasteiger partial charge in [-0.3, -0.25) is 0 Å². The van der Waals surface area contributed by atoms with Crippen LogP contribution in [0, 0.1) is 12.7 Å². The van der Waals surface area contributed by atoms with Crippen molar-refractivity contribution in [2.45, 2.75) is 44.1 Å². The Morgan fingerprint density at radius 3 is 2.87 bits per heavy atom. The summed E-state index contributed by atoms with van der Waals surface area (Å²) < 4.78 is 24.5. The summed E-state index contributed by atoms with van der Waals surface area (Å²) in [6, 6.07) is 4.94. The maximum atomic E-state index is 13.8. The molecule has 0 saturated heterocycles. The molecule has 0 atom stereocenters. The number of thioether (sulfide) groups is 1. The third kappa shape index (κ3) is 3.82. The van der Waals surface area contributed by atoms with Gasteiger partial charge in [0, 0.05) is 28.5 Å². The van der Waals surface area contributed by atoms with E-state index in [-0.39, 0.29) is 18.5 Å². The van der Waals surface area contributed by atoms with E-state index in [1.54, 1.807) is 11.8 Å². The minimum atomic E-state index is -0.268. The molecule has 1 aliphatic heterocycles. The molecule has 2 heterocycles. The molecule has 0 fully saturated rings. The molecule has 0 spiro atoms. The Labute approximate surface area is 139 Å². The smallest absolute Gasteiger partial charge is 0.189 e. The van der Waals surface area contributed by atoms with Crippen LogP contribution < -0.4 is 4.74 Å². The lowest BCUT2D eigenvalue weighted by Gasteiger charge is -2.20. The van der Waals surface area contributed by atoms with E-state index in [2.05, 4.69) is 23.8 Å². The molecule has 6 heteroatoms. The standard InChI is InChI=1S/C17H19FN2O2S/c1-10(2)17-19-11(3)4-15(20-17)23-8-13-6-14(18)5-12-7-21-9-22-16(12)13/h4-6,10H,7-9H2,1-3H3. The van der Waals surface area contributed by atoms with Crippen LogP contribution in [0.25, 0.3) is 0 Å². The Morgan fingerprint density at radius 1 is 1.26 bits per heavy atom. The van der Waals surface area contributed by atoms with E-state index in [0.29, 0.717) is 12.4 Å². The first kappa shape index (κ1) is 16.2. The van der Waals surface area contributed by atoms with Crippen LogP contribution in [-0.4, -0.2) is 16.8 Å². The predicted molar refractivity (Wildman–Crippen MR) is 87.1 cm³/mol. The van der Waals surface area contributed by atoms with Crippen LogP contribution >= 0.6 is 11.8 Å². The highest BCUT2D eigenvalue weighted by Crippen LogP contribution is 2.33. The second-order valence-electron chi connectivity index (χ2n) is 5.81. The molecule has 0 radical (unpaired) electrons. The number of benzene rings is 1. The van der Waals surface area contributed by atoms with Crippen molar-refractivity contribution in [2.24, 2.45) is 0 Å². The van der Waals surface area contributed by atoms with Crippen molar-refractivity contribution < 1.29 is 13.9 Å². The van der Waals surface area contributed by atoms with Gasteiger partial charge < -0.3 is 9.47 Å². The molecule has 0 bridgehead atoms. The molecule has 23 heavy (non-hydrogen) atoms. The van der Waals surface area contributed by atoms with E-state index in [9.17, 15) is 4.39 Å². The van der Waals surface area contributed by atoms with Crippen molar-refractivity contribution in [3.8, 4) is 5.75 Å². The van der Waals surface area contributed by atoms with Gasteiger partial charge in [0.1, 0.15) is 22.4 Å². The molecule has 4 nitrogen and oxygen atoms in total. The largest absolute Gasteiger partial charge is 0.467 e. The third-order valence-electron chi connectivity index (χ3n) is 3.49. The van der Waals surface area contributed by atoms with Crippen molar-refractivity contribution in [2.75, 3.05) is 6.79 Å². The first-order valence-corrected chi connectivity index (χ1v) is 8.51. The topological polar surface area (TPSA) is 44.2 Å². The normalized spacial score (nSPS) is 13.8. The van der Waals surface area contributed by atoms with E-state index < -0.39 is 0 Å². The van der Waals surface area contributed by atoms with Crippen LogP contribution in [0.2, 0.25) is 0 Å². The molecule has 0 unspecified atom stereocenters. The van der Waals surface area contributed by atoms with Crippen LogP contribution in [-0.2, 0) is 17.1 Å². The summed E-state index contributed by atoms with van der Waals surface area (Å²) in [5.74, 6) is 2.17. The molecule has 2 aromatic rings. The van der Waals surface area contributed by atoms with Gasteiger partial charge in [-0.05, 0) is 25.1 Å². The number of aryl methyl sites for hydroxylation is 1. The van der Waals surface area contributed by atoms with E-state index in [4.69, 9.17) is 9.47 Å². The van der Waals surface area contributed by atoms with Crippen LogP contribution in [0.1, 0.15) is 42.4 Å². The number of hydrogen-bond acceptors (Lipinski definition) is 5. The molecule has 0 N–H and O–H groups in total. The van der Waals surface area contributed by atoms with Crippen molar-refractivity contribution >= 4 is 11.8 Å². The van der Waals surface area contributed by atoms with Crippen molar-refractivity contribution in [3.63, 3.8) is 0 Å². The Bertz CT molecular complexity index is 722. The van der Waals surface area contributed by atoms with Gasteiger partial charge in [0.2, 0.25) is 0 Å². The average Bonchev–Trinajstić information content (AvgIpc) is 2.52. The maximum Gasteiger partial charge on any atom is 0.189 e. The molecule has 1 aliphatic rings. The number of ether oxygens (including phenoxy) is 2. The lowest BCUT2D eigenvalue weighted by atomic mass is 10.1. The van der Waals surface area contributed by atoms with Gasteiger partial charge in [-0.1, -0.05) is 13.8 Å². The minimum Gasteiger partial charge on any atom is -0.467 e. The Morgan fingerprint density at radius 2 is 2.09 bits per heavy atom. The summed E-state index contributed by atoms with van der Waals surface area (Å²) in [6.07, 6.45) is 0. The zero-order valence-corrected chi connectivity index (χ0v) is 14.2. The van der Waals surface area contributed by atoms with Crippen LogP contribution in [0.5, 0.6) is 5.75 Å². The van der Waals surface area contributed by atoms with Gasteiger partial charge in [-0.25, -0.2) is 14.4 Å². The Hall–Kier alpha value is -1.66. The fraction of sp³-hybridized carbons (Fsp3) is 0.412. The monoisotopic (exact) mass is 334 g/mol. The third-order valence-corrected chi connectivity index (χ3v) is 4.45. The van der Waals surface area contributed by atoms with Gasteiger partial charge in [0.05, 0.1) is 6.61 Å². The number of rotatable bonds is 4. The molecule has 122 valence electrons. The second kappa shape index (κ2) is 6.84. The van der Waals surface area contributed by atoms with Gasteiger partial charge in [-0.15, -0.1) is 11.8 Å². The molecule has 0 aliphatic carbocycles. The first-order valence-electron chi connectivity index (χ1n) is 7.53. The molecule has 0 amide bonds. The van der Waals surface area contributed by atoms with Gasteiger partial charge >= 0.3 is 0 Å². The van der Waals surface area contributed by atoms with Crippen molar-refractivity contribution in [1.82, 2.24) is 9.97 Å². The molecule has 1 aromatic heterocycles. The number of halogens is 1. The zero-order chi connectivity index (χ0) is 16.4. The lowest BCUT2D eigenvalue weighted by molar-refractivity contribution is -0.0171. The van der Waals surface area contributed by atoms with E-state index >= 15 is 0 Å². The summed E-state index contributed by atoms with van der Waals surface area (Å²) in [7, 11) is 0. The number of nitrogens with zero attached hydrogens (tertiary/aromatic N) is 2. The number of aromatic nitrogens is 2. The highest BCUT2D eigenvalue weighted by molar-refractivity contribution is 7.98. The molecular weight excluding hydrogens is 315 g/mol. The van der Waals surface area contributed by atoms with Crippen LogP contribution in [0.15, 0.2) is 23.2 Å². The van der Waals surface area contributed by atoms with Gasteiger partial charge in [0.25, 0.3) is 0 Å². The fourth-order valence-electron chi connectivity index (χ4n) is 2.41. The Balaban J connectivity index is 1.82. The molecular formula is C17H19FN2O2S. The molecule has 3 rings (SSSR count). The summed E-state index contributed by atoms with van der Waals surface area (Å²) in [5.41, 5.74) is 2.53. The zero-order valence-electron chi connectivity index (χ0n) is 13.4. The summed E-state index contributed by atoms with van der Waals surface area (Å²) in [6.45, 7) is 6.69. The van der Waals surface area contributed by atoms with Gasteiger partial charge in [-0.2, -0.15) is 0 Å².